The van der Waals surface area contributed by atoms with Crippen LogP contribution >= 0.6 is 11.6 Å². The molecule has 0 aliphatic heterocycles. The highest BCUT2D eigenvalue weighted by Crippen LogP contribution is 2.36. The number of alkyl halides is 3. The summed E-state index contributed by atoms with van der Waals surface area (Å²) in [5.41, 5.74) is 0.748. The SMILES string of the molecule is CCNC(=NCc1cc(Cl)c(OCC)c(OC)c1)NCCC(F)(F)F. The molecule has 0 unspecified atom stereocenters. The first-order chi connectivity index (χ1) is 11.8. The van der Waals surface area contributed by atoms with E-state index in [1.54, 1.807) is 12.1 Å². The van der Waals surface area contributed by atoms with Crippen molar-refractivity contribution >= 4 is 17.6 Å². The zero-order valence-corrected chi connectivity index (χ0v) is 15.2. The van der Waals surface area contributed by atoms with Gasteiger partial charge in [0.25, 0.3) is 0 Å². The van der Waals surface area contributed by atoms with Crippen molar-refractivity contribution in [1.82, 2.24) is 10.6 Å². The minimum Gasteiger partial charge on any atom is -0.493 e. The summed E-state index contributed by atoms with van der Waals surface area (Å²) in [5.74, 6) is 1.24. The smallest absolute Gasteiger partial charge is 0.390 e. The van der Waals surface area contributed by atoms with Gasteiger partial charge >= 0.3 is 6.18 Å². The summed E-state index contributed by atoms with van der Waals surface area (Å²) in [7, 11) is 1.50. The lowest BCUT2D eigenvalue weighted by molar-refractivity contribution is -0.132. The van der Waals surface area contributed by atoms with Crippen molar-refractivity contribution in [2.75, 3.05) is 26.8 Å². The van der Waals surface area contributed by atoms with E-state index in [-0.39, 0.29) is 13.1 Å². The minimum absolute atomic E-state index is 0.226. The molecule has 142 valence electrons. The number of benzene rings is 1. The van der Waals surface area contributed by atoms with Gasteiger partial charge in [-0.05, 0) is 31.5 Å². The van der Waals surface area contributed by atoms with Crippen LogP contribution in [0.5, 0.6) is 11.5 Å². The van der Waals surface area contributed by atoms with E-state index in [2.05, 4.69) is 15.6 Å². The van der Waals surface area contributed by atoms with E-state index in [0.717, 1.165) is 5.56 Å². The summed E-state index contributed by atoms with van der Waals surface area (Å²) in [6.07, 6.45) is -5.14. The van der Waals surface area contributed by atoms with Crippen LogP contribution in [0.25, 0.3) is 0 Å². The zero-order valence-electron chi connectivity index (χ0n) is 14.5. The number of guanidine groups is 1. The maximum atomic E-state index is 12.2. The van der Waals surface area contributed by atoms with E-state index < -0.39 is 12.6 Å². The van der Waals surface area contributed by atoms with Gasteiger partial charge in [-0.1, -0.05) is 11.6 Å². The minimum atomic E-state index is -4.21. The Morgan fingerprint density at radius 3 is 2.52 bits per heavy atom. The van der Waals surface area contributed by atoms with Gasteiger partial charge < -0.3 is 20.1 Å². The Bertz CT molecular complexity index is 580. The molecule has 0 heterocycles. The first-order valence-corrected chi connectivity index (χ1v) is 8.26. The molecule has 1 aromatic carbocycles. The first kappa shape index (κ1) is 21.2. The standard InChI is InChI=1S/C16H23ClF3N3O2/c1-4-21-15(22-7-6-16(18,19)20)23-10-11-8-12(17)14(25-5-2)13(9-11)24-3/h8-9H,4-7,10H2,1-3H3,(H2,21,22,23). The average molecular weight is 382 g/mol. The van der Waals surface area contributed by atoms with E-state index >= 15 is 0 Å². The highest BCUT2D eigenvalue weighted by atomic mass is 35.5. The van der Waals surface area contributed by atoms with Gasteiger partial charge in [0.2, 0.25) is 0 Å². The summed E-state index contributed by atoms with van der Waals surface area (Å²) in [4.78, 5) is 4.27. The predicted molar refractivity (Wildman–Crippen MR) is 92.7 cm³/mol. The molecule has 0 aliphatic rings. The van der Waals surface area contributed by atoms with Gasteiger partial charge in [-0.2, -0.15) is 13.2 Å². The fourth-order valence-corrected chi connectivity index (χ4v) is 2.27. The molecule has 25 heavy (non-hydrogen) atoms. The van der Waals surface area contributed by atoms with Crippen LogP contribution in [-0.2, 0) is 6.54 Å². The molecule has 0 fully saturated rings. The zero-order chi connectivity index (χ0) is 18.9. The van der Waals surface area contributed by atoms with E-state index in [4.69, 9.17) is 21.1 Å². The van der Waals surface area contributed by atoms with E-state index in [9.17, 15) is 13.2 Å². The molecule has 5 nitrogen and oxygen atoms in total. The van der Waals surface area contributed by atoms with Crippen molar-refractivity contribution in [3.63, 3.8) is 0 Å². The van der Waals surface area contributed by atoms with Crippen molar-refractivity contribution in [1.29, 1.82) is 0 Å². The second-order valence-electron chi connectivity index (χ2n) is 5.03. The Labute approximate surface area is 150 Å². The van der Waals surface area contributed by atoms with Crippen LogP contribution in [0.4, 0.5) is 13.2 Å². The fraction of sp³-hybridized carbons (Fsp3) is 0.562. The van der Waals surface area contributed by atoms with E-state index in [1.165, 1.54) is 7.11 Å². The molecule has 0 saturated carbocycles. The lowest BCUT2D eigenvalue weighted by atomic mass is 10.2. The van der Waals surface area contributed by atoms with Gasteiger partial charge in [0.15, 0.2) is 17.5 Å². The van der Waals surface area contributed by atoms with E-state index in [1.807, 2.05) is 13.8 Å². The highest BCUT2D eigenvalue weighted by molar-refractivity contribution is 6.32. The van der Waals surface area contributed by atoms with Crippen molar-refractivity contribution in [2.45, 2.75) is 33.0 Å². The van der Waals surface area contributed by atoms with Gasteiger partial charge in [-0.15, -0.1) is 0 Å². The topological polar surface area (TPSA) is 54.9 Å². The normalized spacial score (nSPS) is 12.0. The summed E-state index contributed by atoms with van der Waals surface area (Å²) in [6, 6.07) is 3.43. The quantitative estimate of drug-likeness (QED) is 0.532. The largest absolute Gasteiger partial charge is 0.493 e. The van der Waals surface area contributed by atoms with Gasteiger partial charge in [-0.3, -0.25) is 0 Å². The second-order valence-corrected chi connectivity index (χ2v) is 5.44. The molecule has 0 radical (unpaired) electrons. The molecule has 1 aromatic rings. The third-order valence-electron chi connectivity index (χ3n) is 3.04. The molecule has 0 aliphatic carbocycles. The molecule has 0 spiro atoms. The number of hydrogen-bond donors (Lipinski definition) is 2. The Morgan fingerprint density at radius 2 is 1.96 bits per heavy atom. The molecular weight excluding hydrogens is 359 g/mol. The predicted octanol–water partition coefficient (Wildman–Crippen LogP) is 3.75. The van der Waals surface area contributed by atoms with Crippen LogP contribution in [0.1, 0.15) is 25.8 Å². The average Bonchev–Trinajstić information content (AvgIpc) is 2.53. The van der Waals surface area contributed by atoms with Crippen LogP contribution in [0.15, 0.2) is 17.1 Å². The molecule has 0 amide bonds. The monoisotopic (exact) mass is 381 g/mol. The Morgan fingerprint density at radius 1 is 1.24 bits per heavy atom. The summed E-state index contributed by atoms with van der Waals surface area (Å²) >= 11 is 6.19. The summed E-state index contributed by atoms with van der Waals surface area (Å²) < 4.78 is 47.4. The summed E-state index contributed by atoms with van der Waals surface area (Å²) in [6.45, 7) is 4.63. The molecule has 0 atom stereocenters. The number of nitrogens with zero attached hydrogens (tertiary/aromatic N) is 1. The van der Waals surface area contributed by atoms with Crippen LogP contribution in [-0.4, -0.2) is 38.9 Å². The maximum absolute atomic E-state index is 12.2. The third-order valence-corrected chi connectivity index (χ3v) is 3.32. The molecule has 0 saturated heterocycles. The molecule has 1 rings (SSSR count). The van der Waals surface area contributed by atoms with Crippen LogP contribution < -0.4 is 20.1 Å². The van der Waals surface area contributed by atoms with Gasteiger partial charge in [-0.25, -0.2) is 4.99 Å². The van der Waals surface area contributed by atoms with Crippen molar-refractivity contribution in [3.8, 4) is 11.5 Å². The van der Waals surface area contributed by atoms with Crippen LogP contribution in [0, 0.1) is 0 Å². The number of aliphatic imine (C=N–C) groups is 1. The molecular formula is C16H23ClF3N3O2. The van der Waals surface area contributed by atoms with E-state index in [0.29, 0.717) is 35.6 Å². The summed E-state index contributed by atoms with van der Waals surface area (Å²) in [5, 5.41) is 5.94. The molecule has 2 N–H and O–H groups in total. The van der Waals surface area contributed by atoms with Crippen LogP contribution in [0.2, 0.25) is 5.02 Å². The van der Waals surface area contributed by atoms with Crippen molar-refractivity contribution in [3.05, 3.63) is 22.7 Å². The number of hydrogen-bond acceptors (Lipinski definition) is 3. The molecule has 9 heteroatoms. The highest BCUT2D eigenvalue weighted by Gasteiger charge is 2.26. The van der Waals surface area contributed by atoms with Crippen LogP contribution in [0.3, 0.4) is 0 Å². The third kappa shape index (κ3) is 7.72. The van der Waals surface area contributed by atoms with Gasteiger partial charge in [0, 0.05) is 13.1 Å². The number of methoxy groups -OCH3 is 1. The second kappa shape index (κ2) is 10.2. The lowest BCUT2D eigenvalue weighted by Gasteiger charge is -2.14. The Balaban J connectivity index is 2.82. The van der Waals surface area contributed by atoms with Gasteiger partial charge in [0.1, 0.15) is 0 Å². The van der Waals surface area contributed by atoms with Crippen molar-refractivity contribution in [2.24, 2.45) is 4.99 Å². The number of halogens is 4. The number of rotatable bonds is 8. The molecule has 0 bridgehead atoms. The maximum Gasteiger partial charge on any atom is 0.390 e. The Hall–Kier alpha value is -1.83. The fourth-order valence-electron chi connectivity index (χ4n) is 1.98. The molecule has 0 aromatic heterocycles. The number of ether oxygens (including phenoxy) is 2. The lowest BCUT2D eigenvalue weighted by Crippen LogP contribution is -2.38. The Kier molecular flexibility index (Phi) is 8.68. The first-order valence-electron chi connectivity index (χ1n) is 7.88. The number of nitrogens with one attached hydrogen (secondary N) is 2. The van der Waals surface area contributed by atoms with Crippen molar-refractivity contribution < 1.29 is 22.6 Å². The van der Waals surface area contributed by atoms with Gasteiger partial charge in [0.05, 0.1) is 31.7 Å².